The van der Waals surface area contributed by atoms with Crippen LogP contribution in [0.2, 0.25) is 0 Å². The Balaban J connectivity index is 1.97. The van der Waals surface area contributed by atoms with Gasteiger partial charge in [-0.15, -0.1) is 0 Å². The second-order valence-electron chi connectivity index (χ2n) is 5.42. The molecule has 2 N–H and O–H groups in total. The molecule has 0 heterocycles. The van der Waals surface area contributed by atoms with E-state index in [2.05, 4.69) is 4.72 Å². The molecule has 0 amide bonds. The number of nitrogens with one attached hydrogen (secondary N) is 1. The summed E-state index contributed by atoms with van der Waals surface area (Å²) in [6.07, 6.45) is 2.07. The van der Waals surface area contributed by atoms with Crippen LogP contribution in [0.1, 0.15) is 19.3 Å². The van der Waals surface area contributed by atoms with Crippen LogP contribution in [0.15, 0.2) is 24.3 Å². The number of sulfonamides is 1. The Kier molecular flexibility index (Phi) is 5.18. The summed E-state index contributed by atoms with van der Waals surface area (Å²) in [5, 5.41) is 10.3. The monoisotopic (exact) mass is 317 g/mol. The lowest BCUT2D eigenvalue weighted by Gasteiger charge is -2.34. The van der Waals surface area contributed by atoms with Gasteiger partial charge in [-0.05, 0) is 31.4 Å². The van der Waals surface area contributed by atoms with Crippen LogP contribution >= 0.6 is 0 Å². The van der Waals surface area contributed by atoms with E-state index in [0.29, 0.717) is 12.2 Å². The first-order chi connectivity index (χ1) is 9.85. The minimum Gasteiger partial charge on any atom is -0.488 e. The molecule has 21 heavy (non-hydrogen) atoms. The summed E-state index contributed by atoms with van der Waals surface area (Å²) in [5.74, 6) is -0.226. The van der Waals surface area contributed by atoms with E-state index < -0.39 is 28.0 Å². The number of ether oxygens (including phenoxy) is 1. The average molecular weight is 317 g/mol. The number of benzene rings is 1. The van der Waals surface area contributed by atoms with Crippen molar-refractivity contribution in [1.29, 1.82) is 0 Å². The van der Waals surface area contributed by atoms with Crippen molar-refractivity contribution >= 4 is 10.0 Å². The maximum absolute atomic E-state index is 13.1. The van der Waals surface area contributed by atoms with E-state index in [-0.39, 0.29) is 12.5 Å². The molecule has 118 valence electrons. The van der Waals surface area contributed by atoms with Gasteiger partial charge in [-0.25, -0.2) is 17.5 Å². The van der Waals surface area contributed by atoms with Gasteiger partial charge in [0.15, 0.2) is 0 Å². The molecular formula is C14H20FNO4S. The van der Waals surface area contributed by atoms with Crippen molar-refractivity contribution < 1.29 is 22.7 Å². The highest BCUT2D eigenvalue weighted by Crippen LogP contribution is 2.28. The minimum atomic E-state index is -3.28. The normalized spacial score (nSPS) is 26.5. The summed E-state index contributed by atoms with van der Waals surface area (Å²) >= 11 is 0. The molecule has 1 aromatic carbocycles. The topological polar surface area (TPSA) is 75.6 Å². The summed E-state index contributed by atoms with van der Waals surface area (Å²) in [4.78, 5) is 0. The highest BCUT2D eigenvalue weighted by atomic mass is 32.2. The second kappa shape index (κ2) is 6.72. The van der Waals surface area contributed by atoms with Crippen LogP contribution in [0.5, 0.6) is 5.75 Å². The zero-order chi connectivity index (χ0) is 15.5. The Morgan fingerprint density at radius 1 is 1.43 bits per heavy atom. The molecule has 0 aliphatic heterocycles. The average Bonchev–Trinajstić information content (AvgIpc) is 2.39. The SMILES string of the molecule is CS(=O)(=O)NC[C@H]1CCC[C@@H](Oc2cccc(F)c2)[C@@H]1O. The van der Waals surface area contributed by atoms with Crippen molar-refractivity contribution in [2.45, 2.75) is 31.5 Å². The maximum atomic E-state index is 13.1. The van der Waals surface area contributed by atoms with Gasteiger partial charge in [0.05, 0.1) is 12.4 Å². The third-order valence-corrected chi connectivity index (χ3v) is 4.31. The molecule has 2 rings (SSSR count). The third-order valence-electron chi connectivity index (χ3n) is 3.62. The molecular weight excluding hydrogens is 297 g/mol. The quantitative estimate of drug-likeness (QED) is 0.858. The molecule has 0 aromatic heterocycles. The Morgan fingerprint density at radius 2 is 2.19 bits per heavy atom. The van der Waals surface area contributed by atoms with Crippen molar-refractivity contribution in [2.24, 2.45) is 5.92 Å². The summed E-state index contributed by atoms with van der Waals surface area (Å²) < 4.78 is 43.4. The molecule has 0 radical (unpaired) electrons. The minimum absolute atomic E-state index is 0.184. The van der Waals surface area contributed by atoms with E-state index in [0.717, 1.165) is 19.1 Å². The highest BCUT2D eigenvalue weighted by molar-refractivity contribution is 7.88. The van der Waals surface area contributed by atoms with Crippen LogP contribution in [-0.4, -0.2) is 38.5 Å². The predicted molar refractivity (Wildman–Crippen MR) is 77.0 cm³/mol. The van der Waals surface area contributed by atoms with Crippen LogP contribution in [-0.2, 0) is 10.0 Å². The lowest BCUT2D eigenvalue weighted by molar-refractivity contribution is -0.0292. The zero-order valence-corrected chi connectivity index (χ0v) is 12.6. The standard InChI is InChI=1S/C14H20FNO4S/c1-21(18,19)16-9-10-4-2-7-13(14(10)17)20-12-6-3-5-11(15)8-12/h3,5-6,8,10,13-14,16-17H,2,4,7,9H2,1H3/t10-,13-,14-/m1/s1. The van der Waals surface area contributed by atoms with Gasteiger partial charge in [0.1, 0.15) is 17.7 Å². The molecule has 1 aromatic rings. The molecule has 3 atom stereocenters. The Labute approximate surface area is 124 Å². The molecule has 0 saturated heterocycles. The number of aliphatic hydroxyl groups excluding tert-OH is 1. The Morgan fingerprint density at radius 3 is 2.86 bits per heavy atom. The number of hydrogen-bond donors (Lipinski definition) is 2. The van der Waals surface area contributed by atoms with Gasteiger partial charge in [-0.2, -0.15) is 0 Å². The van der Waals surface area contributed by atoms with Crippen molar-refractivity contribution in [3.05, 3.63) is 30.1 Å². The lowest BCUT2D eigenvalue weighted by atomic mass is 9.84. The van der Waals surface area contributed by atoms with Gasteiger partial charge in [0.2, 0.25) is 10.0 Å². The predicted octanol–water partition coefficient (Wildman–Crippen LogP) is 1.28. The van der Waals surface area contributed by atoms with Crippen molar-refractivity contribution in [3.63, 3.8) is 0 Å². The summed E-state index contributed by atoms with van der Waals surface area (Å²) in [6.45, 7) is 0.184. The number of hydrogen-bond acceptors (Lipinski definition) is 4. The molecule has 1 saturated carbocycles. The van der Waals surface area contributed by atoms with Crippen LogP contribution in [0.25, 0.3) is 0 Å². The fourth-order valence-corrected chi connectivity index (χ4v) is 3.07. The number of halogens is 1. The van der Waals surface area contributed by atoms with Gasteiger partial charge >= 0.3 is 0 Å². The van der Waals surface area contributed by atoms with Crippen molar-refractivity contribution in [1.82, 2.24) is 4.72 Å². The fourth-order valence-electron chi connectivity index (χ4n) is 2.55. The molecule has 1 fully saturated rings. The van der Waals surface area contributed by atoms with Crippen LogP contribution in [0.4, 0.5) is 4.39 Å². The Hall–Kier alpha value is -1.18. The van der Waals surface area contributed by atoms with E-state index in [4.69, 9.17) is 4.74 Å². The molecule has 0 unspecified atom stereocenters. The van der Waals surface area contributed by atoms with Gasteiger partial charge in [0.25, 0.3) is 0 Å². The highest BCUT2D eigenvalue weighted by Gasteiger charge is 2.33. The third kappa shape index (κ3) is 4.94. The van der Waals surface area contributed by atoms with E-state index in [1.807, 2.05) is 0 Å². The van der Waals surface area contributed by atoms with Crippen LogP contribution in [0.3, 0.4) is 0 Å². The molecule has 1 aliphatic rings. The Bertz CT molecular complexity index is 578. The van der Waals surface area contributed by atoms with Crippen molar-refractivity contribution in [3.8, 4) is 5.75 Å². The number of aliphatic hydroxyl groups is 1. The van der Waals surface area contributed by atoms with E-state index >= 15 is 0 Å². The molecule has 0 bridgehead atoms. The first-order valence-electron chi connectivity index (χ1n) is 6.90. The van der Waals surface area contributed by atoms with E-state index in [1.165, 1.54) is 12.1 Å². The molecule has 7 heteroatoms. The van der Waals surface area contributed by atoms with E-state index in [9.17, 15) is 17.9 Å². The smallest absolute Gasteiger partial charge is 0.208 e. The largest absolute Gasteiger partial charge is 0.488 e. The van der Waals surface area contributed by atoms with Crippen LogP contribution in [0, 0.1) is 11.7 Å². The number of rotatable bonds is 5. The lowest BCUT2D eigenvalue weighted by Crippen LogP contribution is -2.45. The fraction of sp³-hybridized carbons (Fsp3) is 0.571. The van der Waals surface area contributed by atoms with Crippen molar-refractivity contribution in [2.75, 3.05) is 12.8 Å². The van der Waals surface area contributed by atoms with E-state index in [1.54, 1.807) is 12.1 Å². The van der Waals surface area contributed by atoms with Gasteiger partial charge in [-0.1, -0.05) is 6.07 Å². The van der Waals surface area contributed by atoms with Gasteiger partial charge in [0, 0.05) is 18.5 Å². The first kappa shape index (κ1) is 16.2. The van der Waals surface area contributed by atoms with Gasteiger partial charge in [-0.3, -0.25) is 0 Å². The van der Waals surface area contributed by atoms with Crippen LogP contribution < -0.4 is 9.46 Å². The summed E-state index contributed by atoms with van der Waals surface area (Å²) in [7, 11) is -3.28. The zero-order valence-electron chi connectivity index (χ0n) is 11.8. The second-order valence-corrected chi connectivity index (χ2v) is 7.25. The molecule has 1 aliphatic carbocycles. The summed E-state index contributed by atoms with van der Waals surface area (Å²) in [5.41, 5.74) is 0. The summed E-state index contributed by atoms with van der Waals surface area (Å²) in [6, 6.07) is 5.77. The van der Waals surface area contributed by atoms with Gasteiger partial charge < -0.3 is 9.84 Å². The molecule has 0 spiro atoms. The first-order valence-corrected chi connectivity index (χ1v) is 8.79. The maximum Gasteiger partial charge on any atom is 0.208 e. The molecule has 5 nitrogen and oxygen atoms in total.